The van der Waals surface area contributed by atoms with E-state index in [1.807, 2.05) is 24.3 Å². The van der Waals surface area contributed by atoms with Gasteiger partial charge in [-0.2, -0.15) is 0 Å². The summed E-state index contributed by atoms with van der Waals surface area (Å²) in [5, 5.41) is 5.55. The molecule has 1 aromatic heterocycles. The number of nitrogens with zero attached hydrogens (tertiary/aromatic N) is 1. The number of rotatable bonds is 6. The number of amides is 2. The smallest absolute Gasteiger partial charge is 0.319 e. The Kier molecular flexibility index (Phi) is 6.67. The zero-order valence-corrected chi connectivity index (χ0v) is 16.5. The molecule has 2 amide bonds. The van der Waals surface area contributed by atoms with E-state index in [4.69, 9.17) is 0 Å². The van der Waals surface area contributed by atoms with Gasteiger partial charge in [0.2, 0.25) is 0 Å². The topological polar surface area (TPSA) is 66.0 Å². The number of carbonyl (C=O) groups excluding carboxylic acids is 1. The van der Waals surface area contributed by atoms with E-state index >= 15 is 0 Å². The molecule has 8 heteroatoms. The van der Waals surface area contributed by atoms with Crippen LogP contribution >= 0.6 is 27.9 Å². The number of urea groups is 1. The van der Waals surface area contributed by atoms with Crippen LogP contribution in [0.3, 0.4) is 0 Å². The number of nitrogens with one attached hydrogen (secondary N) is 3. The van der Waals surface area contributed by atoms with Gasteiger partial charge in [-0.25, -0.2) is 9.18 Å². The van der Waals surface area contributed by atoms with Crippen LogP contribution < -0.4 is 15.4 Å². The summed E-state index contributed by atoms with van der Waals surface area (Å²) in [5.41, 5.74) is 2.46. The molecule has 3 aromatic rings. The summed E-state index contributed by atoms with van der Waals surface area (Å²) < 4.78 is 17.0. The lowest BCUT2D eigenvalue weighted by molar-refractivity contribution is 0.251. The molecule has 0 saturated heterocycles. The molecule has 3 rings (SSSR count). The fourth-order valence-corrected chi connectivity index (χ4v) is 3.40. The Balaban J connectivity index is 1.48. The van der Waals surface area contributed by atoms with Crippen molar-refractivity contribution in [2.24, 2.45) is 0 Å². The van der Waals surface area contributed by atoms with Crippen molar-refractivity contribution in [1.82, 2.24) is 10.3 Å². The molecule has 0 aliphatic heterocycles. The Hall–Kier alpha value is -2.58. The molecule has 0 spiro atoms. The molecule has 2 aromatic carbocycles. The van der Waals surface area contributed by atoms with Crippen molar-refractivity contribution in [2.45, 2.75) is 11.4 Å². The number of pyridine rings is 1. The van der Waals surface area contributed by atoms with Crippen LogP contribution in [-0.4, -0.2) is 11.0 Å². The van der Waals surface area contributed by atoms with Gasteiger partial charge in [-0.3, -0.25) is 4.98 Å². The first-order valence-electron chi connectivity index (χ1n) is 8.02. The van der Waals surface area contributed by atoms with Crippen LogP contribution in [0.1, 0.15) is 5.56 Å². The Morgan fingerprint density at radius 3 is 2.59 bits per heavy atom. The average molecular weight is 447 g/mol. The van der Waals surface area contributed by atoms with Crippen molar-refractivity contribution in [2.75, 3.05) is 10.0 Å². The number of benzene rings is 2. The second-order valence-corrected chi connectivity index (χ2v) is 7.23. The Morgan fingerprint density at radius 1 is 1.11 bits per heavy atom. The van der Waals surface area contributed by atoms with Gasteiger partial charge in [-0.1, -0.05) is 6.07 Å². The highest BCUT2D eigenvalue weighted by atomic mass is 79.9. The van der Waals surface area contributed by atoms with E-state index in [0.717, 1.165) is 16.1 Å². The van der Waals surface area contributed by atoms with Crippen molar-refractivity contribution >= 4 is 45.3 Å². The maximum absolute atomic E-state index is 13.1. The standard InChI is InChI=1S/C19H16BrFN4OS/c20-17-10-14(21)3-8-18(17)27-25-16-6-4-15(5-7-16)24-19(26)23-12-13-2-1-9-22-11-13/h1-11,25H,12H2,(H2,23,24,26). The Bertz CT molecular complexity index is 909. The molecule has 0 atom stereocenters. The second-order valence-electron chi connectivity index (χ2n) is 5.53. The number of anilines is 2. The summed E-state index contributed by atoms with van der Waals surface area (Å²) in [4.78, 5) is 16.8. The first-order valence-corrected chi connectivity index (χ1v) is 9.63. The third-order valence-corrected chi connectivity index (χ3v) is 5.32. The lowest BCUT2D eigenvalue weighted by Gasteiger charge is -2.10. The van der Waals surface area contributed by atoms with E-state index in [0.29, 0.717) is 16.7 Å². The highest BCUT2D eigenvalue weighted by molar-refractivity contribution is 9.10. The zero-order chi connectivity index (χ0) is 19.1. The molecule has 0 aliphatic carbocycles. The Labute approximate surface area is 169 Å². The van der Waals surface area contributed by atoms with Crippen molar-refractivity contribution in [3.63, 3.8) is 0 Å². The van der Waals surface area contributed by atoms with E-state index in [-0.39, 0.29) is 11.8 Å². The first kappa shape index (κ1) is 19.2. The minimum Gasteiger partial charge on any atom is -0.334 e. The predicted molar refractivity (Wildman–Crippen MR) is 110 cm³/mol. The van der Waals surface area contributed by atoms with Crippen LogP contribution in [-0.2, 0) is 6.54 Å². The van der Waals surface area contributed by atoms with Crippen LogP contribution in [0.4, 0.5) is 20.6 Å². The van der Waals surface area contributed by atoms with Crippen LogP contribution in [0.25, 0.3) is 0 Å². The average Bonchev–Trinajstić information content (AvgIpc) is 2.68. The highest BCUT2D eigenvalue weighted by Gasteiger charge is 2.04. The van der Waals surface area contributed by atoms with Crippen molar-refractivity contribution in [3.05, 3.63) is 82.8 Å². The third kappa shape index (κ3) is 5.97. The summed E-state index contributed by atoms with van der Waals surface area (Å²) in [6, 6.07) is 15.2. The molecule has 0 saturated carbocycles. The maximum Gasteiger partial charge on any atom is 0.319 e. The molecule has 27 heavy (non-hydrogen) atoms. The van der Waals surface area contributed by atoms with Gasteiger partial charge in [-0.05, 0) is 82.0 Å². The van der Waals surface area contributed by atoms with Crippen LogP contribution in [0, 0.1) is 5.82 Å². The molecule has 0 unspecified atom stereocenters. The summed E-state index contributed by atoms with van der Waals surface area (Å²) in [5.74, 6) is -0.288. The normalized spacial score (nSPS) is 10.3. The van der Waals surface area contributed by atoms with E-state index in [1.165, 1.54) is 24.1 Å². The van der Waals surface area contributed by atoms with Gasteiger partial charge in [0.15, 0.2) is 0 Å². The lowest BCUT2D eigenvalue weighted by atomic mass is 10.3. The minimum atomic E-state index is -0.288. The number of carbonyl (C=O) groups is 1. The maximum atomic E-state index is 13.1. The third-order valence-electron chi connectivity index (χ3n) is 3.49. The predicted octanol–water partition coefficient (Wildman–Crippen LogP) is 5.42. The fourth-order valence-electron chi connectivity index (χ4n) is 2.15. The first-order chi connectivity index (χ1) is 13.1. The summed E-state index contributed by atoms with van der Waals surface area (Å²) >= 11 is 4.70. The molecule has 138 valence electrons. The molecule has 5 nitrogen and oxygen atoms in total. The van der Waals surface area contributed by atoms with E-state index in [1.54, 1.807) is 30.6 Å². The van der Waals surface area contributed by atoms with Crippen LogP contribution in [0.15, 0.2) is 76.4 Å². The number of hydrogen-bond acceptors (Lipinski definition) is 4. The molecular formula is C19H16BrFN4OS. The van der Waals surface area contributed by atoms with Crippen molar-refractivity contribution in [3.8, 4) is 0 Å². The Morgan fingerprint density at radius 2 is 1.89 bits per heavy atom. The molecule has 3 N–H and O–H groups in total. The quantitative estimate of drug-likeness (QED) is 0.442. The molecule has 0 fully saturated rings. The summed E-state index contributed by atoms with van der Waals surface area (Å²) in [6.07, 6.45) is 3.39. The summed E-state index contributed by atoms with van der Waals surface area (Å²) in [6.45, 7) is 0.405. The zero-order valence-electron chi connectivity index (χ0n) is 14.1. The molecule has 1 heterocycles. The SMILES string of the molecule is O=C(NCc1cccnc1)Nc1ccc(NSc2ccc(F)cc2Br)cc1. The van der Waals surface area contributed by atoms with Gasteiger partial charge < -0.3 is 15.4 Å². The largest absolute Gasteiger partial charge is 0.334 e. The van der Waals surface area contributed by atoms with E-state index in [9.17, 15) is 9.18 Å². The molecule has 0 bridgehead atoms. The number of aromatic nitrogens is 1. The van der Waals surface area contributed by atoms with Gasteiger partial charge in [0.05, 0.1) is 0 Å². The molecule has 0 aliphatic rings. The number of halogens is 2. The van der Waals surface area contributed by atoms with E-state index in [2.05, 4.69) is 36.3 Å². The lowest BCUT2D eigenvalue weighted by Crippen LogP contribution is -2.28. The van der Waals surface area contributed by atoms with Crippen molar-refractivity contribution < 1.29 is 9.18 Å². The van der Waals surface area contributed by atoms with E-state index < -0.39 is 0 Å². The van der Waals surface area contributed by atoms with Gasteiger partial charge in [-0.15, -0.1) is 0 Å². The van der Waals surface area contributed by atoms with Gasteiger partial charge in [0.1, 0.15) is 5.82 Å². The number of hydrogen-bond donors (Lipinski definition) is 3. The second kappa shape index (κ2) is 9.38. The highest BCUT2D eigenvalue weighted by Crippen LogP contribution is 2.29. The van der Waals surface area contributed by atoms with Crippen LogP contribution in [0.5, 0.6) is 0 Å². The fraction of sp³-hybridized carbons (Fsp3) is 0.0526. The van der Waals surface area contributed by atoms with Gasteiger partial charge in [0, 0.05) is 39.7 Å². The summed E-state index contributed by atoms with van der Waals surface area (Å²) in [7, 11) is 0. The van der Waals surface area contributed by atoms with Crippen molar-refractivity contribution in [1.29, 1.82) is 0 Å². The molecular weight excluding hydrogens is 431 g/mol. The van der Waals surface area contributed by atoms with Crippen LogP contribution in [0.2, 0.25) is 0 Å². The van der Waals surface area contributed by atoms with Gasteiger partial charge >= 0.3 is 6.03 Å². The minimum absolute atomic E-state index is 0.288. The van der Waals surface area contributed by atoms with Gasteiger partial charge in [0.25, 0.3) is 0 Å². The monoisotopic (exact) mass is 446 g/mol. The molecule has 0 radical (unpaired) electrons.